The Morgan fingerprint density at radius 2 is 1.93 bits per heavy atom. The first-order valence-electron chi connectivity index (χ1n) is 3.65. The molecule has 1 aromatic carbocycles. The molecule has 0 unspecified atom stereocenters. The summed E-state index contributed by atoms with van der Waals surface area (Å²) >= 11 is 5.70. The first-order valence-corrected chi connectivity index (χ1v) is 4.03. The number of nitrogens with zero attached hydrogens (tertiary/aromatic N) is 1. The van der Waals surface area contributed by atoms with Crippen LogP contribution in [-0.4, -0.2) is 14.2 Å². The van der Waals surface area contributed by atoms with Crippen LogP contribution >= 0.6 is 11.6 Å². The van der Waals surface area contributed by atoms with Gasteiger partial charge in [0, 0.05) is 6.07 Å². The molecule has 0 spiro atoms. The summed E-state index contributed by atoms with van der Waals surface area (Å²) in [5.41, 5.74) is -0.275. The second-order valence-corrected chi connectivity index (χ2v) is 2.77. The van der Waals surface area contributed by atoms with E-state index >= 15 is 0 Å². The molecule has 0 heterocycles. The van der Waals surface area contributed by atoms with Crippen LogP contribution in [-0.2, 0) is 0 Å². The molecule has 0 atom stereocenters. The molecule has 0 aromatic heterocycles. The summed E-state index contributed by atoms with van der Waals surface area (Å²) in [5.74, 6) is -0.634. The zero-order chi connectivity index (χ0) is 10.7. The molecule has 0 aliphatic heterocycles. The number of benzene rings is 1. The number of halogens is 2. The van der Waals surface area contributed by atoms with E-state index in [0.717, 1.165) is 0 Å². The molecule has 1 aromatic rings. The van der Waals surface area contributed by atoms with E-state index in [0.29, 0.717) is 0 Å². The number of hydrogen-bond acceptors (Lipinski definition) is 3. The van der Waals surface area contributed by atoms with E-state index < -0.39 is 5.82 Å². The molecule has 0 saturated carbocycles. The van der Waals surface area contributed by atoms with Crippen LogP contribution in [0.2, 0.25) is 5.02 Å². The molecule has 0 bridgehead atoms. The van der Waals surface area contributed by atoms with Gasteiger partial charge in [0.25, 0.3) is 0 Å². The second kappa shape index (κ2) is 4.16. The maximum Gasteiger partial charge on any atom is 0.184 e. The minimum Gasteiger partial charge on any atom is -0.495 e. The van der Waals surface area contributed by atoms with Gasteiger partial charge in [-0.25, -0.2) is 4.39 Å². The van der Waals surface area contributed by atoms with Crippen molar-refractivity contribution in [1.29, 1.82) is 5.26 Å². The van der Waals surface area contributed by atoms with Gasteiger partial charge in [-0.1, -0.05) is 11.6 Å². The van der Waals surface area contributed by atoms with Crippen LogP contribution in [0, 0.1) is 17.1 Å². The van der Waals surface area contributed by atoms with Crippen molar-refractivity contribution in [2.75, 3.05) is 14.2 Å². The molecule has 0 aliphatic carbocycles. The van der Waals surface area contributed by atoms with Crippen molar-refractivity contribution in [1.82, 2.24) is 0 Å². The highest BCUT2D eigenvalue weighted by molar-refractivity contribution is 6.33. The molecule has 3 nitrogen and oxygen atoms in total. The van der Waals surface area contributed by atoms with Crippen molar-refractivity contribution in [3.63, 3.8) is 0 Å². The van der Waals surface area contributed by atoms with Crippen LogP contribution < -0.4 is 9.47 Å². The van der Waals surface area contributed by atoms with Crippen molar-refractivity contribution in [2.24, 2.45) is 0 Å². The molecular formula is C9H7ClFNO2. The van der Waals surface area contributed by atoms with Crippen molar-refractivity contribution in [3.05, 3.63) is 22.5 Å². The van der Waals surface area contributed by atoms with Gasteiger partial charge < -0.3 is 9.47 Å². The minimum atomic E-state index is -0.777. The van der Waals surface area contributed by atoms with E-state index in [9.17, 15) is 4.39 Å². The van der Waals surface area contributed by atoms with Crippen LogP contribution in [0.1, 0.15) is 5.56 Å². The standard InChI is InChI=1S/C9H7ClFNO2/c1-13-6-3-7(14-2)9(11)5(4-12)8(6)10/h3H,1-2H3. The van der Waals surface area contributed by atoms with Gasteiger partial charge in [0.2, 0.25) is 0 Å². The molecular weight excluding hydrogens is 209 g/mol. The molecule has 74 valence electrons. The van der Waals surface area contributed by atoms with E-state index in [1.165, 1.54) is 20.3 Å². The Morgan fingerprint density at radius 3 is 2.36 bits per heavy atom. The highest BCUT2D eigenvalue weighted by Gasteiger charge is 2.17. The Morgan fingerprint density at radius 1 is 1.36 bits per heavy atom. The number of methoxy groups -OCH3 is 2. The van der Waals surface area contributed by atoms with Gasteiger partial charge >= 0.3 is 0 Å². The number of rotatable bonds is 2. The monoisotopic (exact) mass is 215 g/mol. The molecule has 0 amide bonds. The highest BCUT2D eigenvalue weighted by atomic mass is 35.5. The average molecular weight is 216 g/mol. The topological polar surface area (TPSA) is 42.2 Å². The molecule has 0 N–H and O–H groups in total. The summed E-state index contributed by atoms with van der Waals surface area (Å²) < 4.78 is 22.9. The van der Waals surface area contributed by atoms with Crippen LogP contribution in [0.3, 0.4) is 0 Å². The third kappa shape index (κ3) is 1.59. The fourth-order valence-electron chi connectivity index (χ4n) is 0.984. The first kappa shape index (κ1) is 10.6. The molecule has 5 heteroatoms. The zero-order valence-electron chi connectivity index (χ0n) is 7.60. The summed E-state index contributed by atoms with van der Waals surface area (Å²) in [5, 5.41) is 8.61. The molecule has 0 saturated heterocycles. The largest absolute Gasteiger partial charge is 0.495 e. The van der Waals surface area contributed by atoms with E-state index in [-0.39, 0.29) is 22.1 Å². The van der Waals surface area contributed by atoms with Crippen LogP contribution in [0.4, 0.5) is 4.39 Å². The van der Waals surface area contributed by atoms with E-state index in [2.05, 4.69) is 0 Å². The maximum atomic E-state index is 13.4. The van der Waals surface area contributed by atoms with Crippen LogP contribution in [0.25, 0.3) is 0 Å². The van der Waals surface area contributed by atoms with Crippen molar-refractivity contribution in [2.45, 2.75) is 0 Å². The predicted molar refractivity (Wildman–Crippen MR) is 49.2 cm³/mol. The lowest BCUT2D eigenvalue weighted by molar-refractivity contribution is 0.373. The third-order valence-electron chi connectivity index (χ3n) is 1.69. The fourth-order valence-corrected chi connectivity index (χ4v) is 1.24. The van der Waals surface area contributed by atoms with Crippen LogP contribution in [0.5, 0.6) is 11.5 Å². The minimum absolute atomic E-state index is 0.0479. The smallest absolute Gasteiger partial charge is 0.184 e. The molecule has 0 aliphatic rings. The third-order valence-corrected chi connectivity index (χ3v) is 2.06. The van der Waals surface area contributed by atoms with E-state index in [1.807, 2.05) is 0 Å². The van der Waals surface area contributed by atoms with Crippen molar-refractivity contribution >= 4 is 11.6 Å². The number of nitriles is 1. The summed E-state index contributed by atoms with van der Waals surface area (Å²) in [6, 6.07) is 2.94. The van der Waals surface area contributed by atoms with Gasteiger partial charge in [0.15, 0.2) is 11.6 Å². The van der Waals surface area contributed by atoms with Crippen molar-refractivity contribution < 1.29 is 13.9 Å². The summed E-state index contributed by atoms with van der Waals surface area (Å²) in [4.78, 5) is 0. The SMILES string of the molecule is COc1cc(OC)c(Cl)c(C#N)c1F. The lowest BCUT2D eigenvalue weighted by Crippen LogP contribution is -1.96. The Labute approximate surface area is 85.6 Å². The Bertz CT molecular complexity index is 373. The predicted octanol–water partition coefficient (Wildman–Crippen LogP) is 2.37. The molecule has 0 radical (unpaired) electrons. The molecule has 1 rings (SSSR count). The quantitative estimate of drug-likeness (QED) is 0.761. The van der Waals surface area contributed by atoms with Gasteiger partial charge in [-0.2, -0.15) is 5.26 Å². The van der Waals surface area contributed by atoms with E-state index in [4.69, 9.17) is 26.3 Å². The first-order chi connectivity index (χ1) is 6.65. The van der Waals surface area contributed by atoms with Gasteiger partial charge in [0.1, 0.15) is 22.4 Å². The maximum absolute atomic E-state index is 13.4. The van der Waals surface area contributed by atoms with Crippen LogP contribution in [0.15, 0.2) is 6.07 Å². The van der Waals surface area contributed by atoms with E-state index in [1.54, 1.807) is 6.07 Å². The lowest BCUT2D eigenvalue weighted by Gasteiger charge is -2.08. The zero-order valence-corrected chi connectivity index (χ0v) is 8.35. The van der Waals surface area contributed by atoms with Gasteiger partial charge in [-0.05, 0) is 0 Å². The van der Waals surface area contributed by atoms with Gasteiger partial charge in [0.05, 0.1) is 14.2 Å². The Balaban J connectivity index is 3.49. The summed E-state index contributed by atoms with van der Waals surface area (Å²) in [7, 11) is 2.67. The van der Waals surface area contributed by atoms with Crippen molar-refractivity contribution in [3.8, 4) is 17.6 Å². The van der Waals surface area contributed by atoms with Gasteiger partial charge in [-0.3, -0.25) is 0 Å². The Kier molecular flexibility index (Phi) is 3.15. The molecule has 14 heavy (non-hydrogen) atoms. The number of ether oxygens (including phenoxy) is 2. The summed E-state index contributed by atoms with van der Waals surface area (Å²) in [6.45, 7) is 0. The number of hydrogen-bond donors (Lipinski definition) is 0. The average Bonchev–Trinajstić information content (AvgIpc) is 2.19. The van der Waals surface area contributed by atoms with Gasteiger partial charge in [-0.15, -0.1) is 0 Å². The molecule has 0 fully saturated rings. The second-order valence-electron chi connectivity index (χ2n) is 2.40. The summed E-state index contributed by atoms with van der Waals surface area (Å²) in [6.07, 6.45) is 0. The highest BCUT2D eigenvalue weighted by Crippen LogP contribution is 2.35. The lowest BCUT2D eigenvalue weighted by atomic mass is 10.2. The fraction of sp³-hybridized carbons (Fsp3) is 0.222. The normalized spacial score (nSPS) is 9.36. The Hall–Kier alpha value is -1.47.